The summed E-state index contributed by atoms with van der Waals surface area (Å²) in [6.45, 7) is 2.04. The Morgan fingerprint density at radius 3 is 2.52 bits per heavy atom. The lowest BCUT2D eigenvalue weighted by Crippen LogP contribution is -2.03. The second-order valence-electron chi connectivity index (χ2n) is 5.60. The maximum Gasteiger partial charge on any atom is 0.236 e. The van der Waals surface area contributed by atoms with E-state index in [2.05, 4.69) is 20.6 Å². The van der Waals surface area contributed by atoms with Crippen LogP contribution in [-0.2, 0) is 0 Å². The van der Waals surface area contributed by atoms with Crippen molar-refractivity contribution in [2.75, 3.05) is 5.32 Å². The van der Waals surface area contributed by atoms with Crippen LogP contribution in [0.2, 0.25) is 5.02 Å². The Kier molecular flexibility index (Phi) is 4.03. The minimum Gasteiger partial charge on any atom is -0.508 e. The molecule has 25 heavy (non-hydrogen) atoms. The summed E-state index contributed by atoms with van der Waals surface area (Å²) in [6, 6.07) is 14.5. The minimum absolute atomic E-state index is 0.00100. The van der Waals surface area contributed by atoms with Gasteiger partial charge in [0.05, 0.1) is 0 Å². The Balaban J connectivity index is 1.63. The smallest absolute Gasteiger partial charge is 0.236 e. The van der Waals surface area contributed by atoms with Crippen LogP contribution in [0.15, 0.2) is 48.5 Å². The lowest BCUT2D eigenvalue weighted by molar-refractivity contribution is 0.475. The van der Waals surface area contributed by atoms with Crippen LogP contribution in [0.25, 0.3) is 4.96 Å². The van der Waals surface area contributed by atoms with E-state index in [0.717, 1.165) is 27.2 Å². The van der Waals surface area contributed by atoms with Crippen LogP contribution in [0.3, 0.4) is 0 Å². The Hall–Kier alpha value is -2.64. The van der Waals surface area contributed by atoms with Crippen molar-refractivity contribution >= 4 is 38.7 Å². The van der Waals surface area contributed by atoms with Crippen LogP contribution in [0, 0.1) is 0 Å². The predicted molar refractivity (Wildman–Crippen MR) is 99.0 cm³/mol. The number of hydrogen-bond acceptors (Lipinski definition) is 6. The minimum atomic E-state index is 0.00100. The molecule has 1 unspecified atom stereocenters. The topological polar surface area (TPSA) is 75.3 Å². The van der Waals surface area contributed by atoms with Gasteiger partial charge in [0.1, 0.15) is 5.75 Å². The summed E-state index contributed by atoms with van der Waals surface area (Å²) in [5, 5.41) is 27.2. The SMILES string of the molecule is CC(c1ccc(O)cc1)c1nnc2sc(Nc3ccc(Cl)cc3)nn12. The molecule has 0 spiro atoms. The van der Waals surface area contributed by atoms with Gasteiger partial charge in [-0.1, -0.05) is 42.0 Å². The standard InChI is InChI=1S/C17H14ClN5OS/c1-10(11-2-8-14(24)9-3-11)15-20-21-17-23(15)22-16(25-17)19-13-6-4-12(18)5-7-13/h2-10,24H,1H3,(H,19,22). The molecule has 2 heterocycles. The van der Waals surface area contributed by atoms with Crippen LogP contribution in [0.4, 0.5) is 10.8 Å². The predicted octanol–water partition coefficient (Wildman–Crippen LogP) is 4.44. The van der Waals surface area contributed by atoms with Gasteiger partial charge in [0.25, 0.3) is 0 Å². The highest BCUT2D eigenvalue weighted by Crippen LogP contribution is 2.28. The highest BCUT2D eigenvalue weighted by Gasteiger charge is 2.19. The summed E-state index contributed by atoms with van der Waals surface area (Å²) in [5.74, 6) is 0.993. The third-order valence-corrected chi connectivity index (χ3v) is 4.96. The highest BCUT2D eigenvalue weighted by molar-refractivity contribution is 7.20. The Morgan fingerprint density at radius 1 is 1.08 bits per heavy atom. The number of nitrogens with one attached hydrogen (secondary N) is 1. The molecule has 0 bridgehead atoms. The zero-order chi connectivity index (χ0) is 17.4. The van der Waals surface area contributed by atoms with Gasteiger partial charge in [0.15, 0.2) is 5.82 Å². The Labute approximate surface area is 152 Å². The highest BCUT2D eigenvalue weighted by atomic mass is 35.5. The quantitative estimate of drug-likeness (QED) is 0.554. The van der Waals surface area contributed by atoms with E-state index in [1.165, 1.54) is 11.3 Å². The zero-order valence-electron chi connectivity index (χ0n) is 13.2. The van der Waals surface area contributed by atoms with Gasteiger partial charge in [0, 0.05) is 16.6 Å². The molecule has 8 heteroatoms. The molecule has 6 nitrogen and oxygen atoms in total. The van der Waals surface area contributed by atoms with Gasteiger partial charge in [-0.05, 0) is 42.0 Å². The van der Waals surface area contributed by atoms with Crippen molar-refractivity contribution < 1.29 is 5.11 Å². The lowest BCUT2D eigenvalue weighted by Gasteiger charge is -2.08. The normalized spacial score (nSPS) is 12.4. The van der Waals surface area contributed by atoms with Crippen molar-refractivity contribution in [3.8, 4) is 5.75 Å². The number of phenols is 1. The van der Waals surface area contributed by atoms with E-state index in [9.17, 15) is 5.11 Å². The van der Waals surface area contributed by atoms with Gasteiger partial charge in [-0.25, -0.2) is 0 Å². The summed E-state index contributed by atoms with van der Waals surface area (Å²) in [6.07, 6.45) is 0. The van der Waals surface area contributed by atoms with E-state index in [-0.39, 0.29) is 11.7 Å². The van der Waals surface area contributed by atoms with E-state index in [1.807, 2.05) is 43.3 Å². The molecule has 126 valence electrons. The first kappa shape index (κ1) is 15.9. The molecule has 0 aliphatic heterocycles. The summed E-state index contributed by atoms with van der Waals surface area (Å²) < 4.78 is 1.75. The average Bonchev–Trinajstić information content (AvgIpc) is 3.17. The molecule has 2 aromatic heterocycles. The van der Waals surface area contributed by atoms with E-state index < -0.39 is 0 Å². The van der Waals surface area contributed by atoms with Gasteiger partial charge in [-0.15, -0.1) is 15.3 Å². The van der Waals surface area contributed by atoms with Crippen LogP contribution in [0.5, 0.6) is 5.75 Å². The Morgan fingerprint density at radius 2 is 1.80 bits per heavy atom. The summed E-state index contributed by atoms with van der Waals surface area (Å²) in [4.78, 5) is 0.720. The fraction of sp³-hybridized carbons (Fsp3) is 0.118. The molecule has 4 aromatic rings. The Bertz CT molecular complexity index is 1010. The summed E-state index contributed by atoms with van der Waals surface area (Å²) >= 11 is 7.33. The van der Waals surface area contributed by atoms with Gasteiger partial charge < -0.3 is 10.4 Å². The second kappa shape index (κ2) is 6.34. The van der Waals surface area contributed by atoms with Crippen LogP contribution in [0.1, 0.15) is 24.2 Å². The molecule has 0 saturated carbocycles. The van der Waals surface area contributed by atoms with E-state index in [0.29, 0.717) is 5.02 Å². The van der Waals surface area contributed by atoms with Crippen molar-refractivity contribution in [1.29, 1.82) is 0 Å². The molecule has 0 fully saturated rings. The zero-order valence-corrected chi connectivity index (χ0v) is 14.8. The fourth-order valence-corrected chi connectivity index (χ4v) is 3.41. The molecule has 2 N–H and O–H groups in total. The summed E-state index contributed by atoms with van der Waals surface area (Å²) in [7, 11) is 0. The van der Waals surface area contributed by atoms with Crippen molar-refractivity contribution in [2.24, 2.45) is 0 Å². The van der Waals surface area contributed by atoms with Crippen molar-refractivity contribution in [1.82, 2.24) is 19.8 Å². The number of benzene rings is 2. The molecule has 0 radical (unpaired) electrons. The van der Waals surface area contributed by atoms with Crippen molar-refractivity contribution in [3.63, 3.8) is 0 Å². The molecule has 4 rings (SSSR count). The van der Waals surface area contributed by atoms with Gasteiger partial charge in [-0.2, -0.15) is 4.52 Å². The third-order valence-electron chi connectivity index (χ3n) is 3.89. The number of halogens is 1. The number of aromatic nitrogens is 4. The van der Waals surface area contributed by atoms with Crippen LogP contribution >= 0.6 is 22.9 Å². The van der Waals surface area contributed by atoms with Crippen molar-refractivity contribution in [3.05, 3.63) is 64.9 Å². The maximum atomic E-state index is 9.44. The molecule has 0 aliphatic carbocycles. The van der Waals surface area contributed by atoms with Gasteiger partial charge in [0.2, 0.25) is 10.1 Å². The number of phenolic OH excluding ortho intramolecular Hbond substituents is 1. The van der Waals surface area contributed by atoms with Crippen LogP contribution < -0.4 is 5.32 Å². The molecule has 0 saturated heterocycles. The molecular weight excluding hydrogens is 358 g/mol. The van der Waals surface area contributed by atoms with Gasteiger partial charge in [-0.3, -0.25) is 0 Å². The molecule has 0 aliphatic rings. The monoisotopic (exact) mass is 371 g/mol. The van der Waals surface area contributed by atoms with E-state index >= 15 is 0 Å². The van der Waals surface area contributed by atoms with E-state index in [1.54, 1.807) is 16.6 Å². The lowest BCUT2D eigenvalue weighted by atomic mass is 10.0. The van der Waals surface area contributed by atoms with Crippen molar-refractivity contribution in [2.45, 2.75) is 12.8 Å². The molecule has 2 aromatic carbocycles. The van der Waals surface area contributed by atoms with Crippen LogP contribution in [-0.4, -0.2) is 24.9 Å². The first-order valence-corrected chi connectivity index (χ1v) is 8.83. The molecule has 0 amide bonds. The number of anilines is 2. The van der Waals surface area contributed by atoms with Gasteiger partial charge >= 0.3 is 0 Å². The molecular formula is C17H14ClN5OS. The molecule has 1 atom stereocenters. The number of hydrogen-bond donors (Lipinski definition) is 2. The second-order valence-corrected chi connectivity index (χ2v) is 7.00. The largest absolute Gasteiger partial charge is 0.508 e. The number of aromatic hydroxyl groups is 1. The maximum absolute atomic E-state index is 9.44. The van der Waals surface area contributed by atoms with E-state index in [4.69, 9.17) is 11.6 Å². The number of nitrogens with zero attached hydrogens (tertiary/aromatic N) is 4. The first-order valence-electron chi connectivity index (χ1n) is 7.64. The number of rotatable bonds is 4. The fourth-order valence-electron chi connectivity index (χ4n) is 2.52. The number of fused-ring (bicyclic) bond motifs is 1. The summed E-state index contributed by atoms with van der Waals surface area (Å²) in [5.41, 5.74) is 1.94. The average molecular weight is 372 g/mol. The first-order chi connectivity index (χ1) is 12.1. The third kappa shape index (κ3) is 3.16.